The van der Waals surface area contributed by atoms with Gasteiger partial charge in [0.1, 0.15) is 176 Å². The molecule has 0 amide bonds. The van der Waals surface area contributed by atoms with Crippen LogP contribution in [-0.4, -0.2) is 289 Å². The van der Waals surface area contributed by atoms with Crippen LogP contribution in [0.3, 0.4) is 0 Å². The highest BCUT2D eigenvalue weighted by molar-refractivity contribution is 7.63. The van der Waals surface area contributed by atoms with Crippen molar-refractivity contribution in [2.45, 2.75) is 149 Å². The number of hydrogen-bond acceptors (Lipinski definition) is 57. The zero-order valence-corrected chi connectivity index (χ0v) is 80.4. The molecule has 6 aliphatic heterocycles. The Morgan fingerprint density at radius 3 is 0.636 bits per heavy atom. The lowest BCUT2D eigenvalue weighted by atomic mass is 10.2. The van der Waals surface area contributed by atoms with Gasteiger partial charge < -0.3 is 122 Å². The summed E-state index contributed by atoms with van der Waals surface area (Å²) >= 11 is 0. The van der Waals surface area contributed by atoms with Gasteiger partial charge in [0.25, 0.3) is 0 Å². The monoisotopic (exact) mass is 2220 g/mol. The summed E-state index contributed by atoms with van der Waals surface area (Å²) in [6, 6.07) is 0. The SMILES string of the molecule is Nc1ncnc2c1ncn2C1CC(O)C(COP(=O)(O)OP(=O)(O)OC2CC(n3cnc4c(N)ncnc43)OC2COP(=O)(O)OP(=O)(O)OC2CC(n3cnc4c(N)ncnc43)OC2COP(=O)(O)OP(=O)(O)OC2CC(n3cnc4c(N)ncnc43)OC2COP(=O)(O)OP(=O)(O)OC2CC(n3cnc4c(N)ncnc43)OC2COP(=O)(O)OP(=O)(O)OC2CC(n3cnc4c(N)ncnc43)OC2CO)O1. The van der Waals surface area contributed by atoms with E-state index >= 15 is 0 Å². The Hall–Kier alpha value is -8.92. The van der Waals surface area contributed by atoms with Crippen LogP contribution < -0.4 is 34.4 Å². The van der Waals surface area contributed by atoms with Crippen molar-refractivity contribution < 1.29 is 200 Å². The molecule has 0 bridgehead atoms. The van der Waals surface area contributed by atoms with Crippen molar-refractivity contribution in [2.24, 2.45) is 0 Å². The van der Waals surface area contributed by atoms with E-state index in [2.05, 4.69) is 111 Å². The van der Waals surface area contributed by atoms with Crippen molar-refractivity contribution in [3.8, 4) is 0 Å². The van der Waals surface area contributed by atoms with E-state index in [-0.39, 0.29) is 115 Å². The Kier molecular flexibility index (Phi) is 29.3. The third-order valence-corrected chi connectivity index (χ3v) is 35.2. The third-order valence-electron chi connectivity index (χ3n) is 21.9. The van der Waals surface area contributed by atoms with Crippen molar-refractivity contribution in [3.63, 3.8) is 0 Å². The number of imidazole rings is 6. The fourth-order valence-electron chi connectivity index (χ4n) is 15.8. The van der Waals surface area contributed by atoms with Gasteiger partial charge in [-0.3, -0.25) is 72.6 Å². The summed E-state index contributed by atoms with van der Waals surface area (Å²) in [5.41, 5.74) is 36.1. The zero-order chi connectivity index (χ0) is 102. The van der Waals surface area contributed by atoms with Crippen LogP contribution in [0, 0.1) is 0 Å². The Morgan fingerprint density at radius 1 is 0.259 bits per heavy atom. The van der Waals surface area contributed by atoms with E-state index in [1.807, 2.05) is 0 Å². The summed E-state index contributed by atoms with van der Waals surface area (Å²) < 4.78 is 257. The van der Waals surface area contributed by atoms with Gasteiger partial charge >= 0.3 is 78.2 Å². The maximum absolute atomic E-state index is 14.2. The average Bonchev–Trinajstić information content (AvgIpc) is 1.66. The molecule has 0 spiro atoms. The van der Waals surface area contributed by atoms with Crippen LogP contribution in [0.1, 0.15) is 75.9 Å². The normalized spacial score (nSPS) is 29.3. The predicted molar refractivity (Wildman–Crippen MR) is 460 cm³/mol. The Bertz CT molecular complexity index is 7260. The van der Waals surface area contributed by atoms with Crippen molar-refractivity contribution in [3.05, 3.63) is 75.9 Å². The molecule has 18 heterocycles. The minimum Gasteiger partial charge on any atom is -0.394 e. The molecule has 776 valence electrons. The van der Waals surface area contributed by atoms with Gasteiger partial charge in [-0.15, -0.1) is 0 Å². The van der Waals surface area contributed by atoms with Crippen molar-refractivity contribution in [2.75, 3.05) is 74.0 Å². The fraction of sp³-hybridized carbons (Fsp3) is 0.500. The topological polar surface area (TPSA) is 1030 Å². The summed E-state index contributed by atoms with van der Waals surface area (Å²) in [6.45, 7) is -7.28. The second-order valence-electron chi connectivity index (χ2n) is 31.2. The summed E-state index contributed by atoms with van der Waals surface area (Å²) in [6.07, 6.45) is -19.9. The second kappa shape index (κ2) is 40.3. The number of ether oxygens (including phenoxy) is 6. The molecule has 0 radical (unpaired) electrons. The van der Waals surface area contributed by atoms with Gasteiger partial charge in [-0.05, 0) is 0 Å². The first-order chi connectivity index (χ1) is 67.4. The van der Waals surface area contributed by atoms with E-state index in [1.54, 1.807) is 0 Å². The molecule has 6 aliphatic rings. The molecule has 12 aromatic heterocycles. The van der Waals surface area contributed by atoms with Gasteiger partial charge in [-0.2, -0.15) is 21.6 Å². The van der Waals surface area contributed by atoms with E-state index in [0.717, 1.165) is 72.4 Å². The van der Waals surface area contributed by atoms with Crippen molar-refractivity contribution >= 4 is 180 Å². The number of rotatable bonds is 42. The van der Waals surface area contributed by atoms with Gasteiger partial charge in [-0.25, -0.2) is 135 Å². The lowest BCUT2D eigenvalue weighted by Crippen LogP contribution is -2.29. The molecule has 28 atom stereocenters. The summed E-state index contributed by atoms with van der Waals surface area (Å²) in [5.74, 6) is -0.664. The summed E-state index contributed by atoms with van der Waals surface area (Å²) in [5, 5.41) is 21.0. The number of fused-ring (bicyclic) bond motifs is 6. The van der Waals surface area contributed by atoms with Crippen LogP contribution in [0.4, 0.5) is 34.9 Å². The minimum atomic E-state index is -6.22. The second-order valence-corrected chi connectivity index (χ2v) is 46.2. The van der Waals surface area contributed by atoms with Crippen LogP contribution in [0.15, 0.2) is 75.9 Å². The highest BCUT2D eigenvalue weighted by Crippen LogP contribution is 2.68. The minimum absolute atomic E-state index is 0.00553. The third kappa shape index (κ3) is 23.5. The maximum Gasteiger partial charge on any atom is 0.481 e. The highest BCUT2D eigenvalue weighted by Gasteiger charge is 2.55. The number of aliphatic hydroxyl groups is 2. The van der Waals surface area contributed by atoms with Crippen molar-refractivity contribution in [1.29, 1.82) is 0 Å². The smallest absolute Gasteiger partial charge is 0.394 e. The number of nitrogens with zero attached hydrogens (tertiary/aromatic N) is 24. The molecule has 12 aromatic rings. The van der Waals surface area contributed by atoms with Gasteiger partial charge in [0.15, 0.2) is 68.8 Å². The van der Waals surface area contributed by atoms with Crippen LogP contribution >= 0.6 is 78.2 Å². The molecular formula is C60H78N30O43P10. The number of nitrogens with two attached hydrogens (primary N) is 6. The number of phosphoric ester groups is 10. The molecule has 18 rings (SSSR count). The molecule has 6 saturated heterocycles. The first-order valence-corrected chi connectivity index (χ1v) is 55.6. The molecule has 0 aliphatic carbocycles. The van der Waals surface area contributed by atoms with Gasteiger partial charge in [0.2, 0.25) is 0 Å². The van der Waals surface area contributed by atoms with E-state index in [9.17, 15) is 105 Å². The molecule has 143 heavy (non-hydrogen) atoms. The number of aliphatic hydroxyl groups excluding tert-OH is 2. The van der Waals surface area contributed by atoms with Gasteiger partial charge in [0, 0.05) is 38.5 Å². The number of aromatic nitrogens is 24. The van der Waals surface area contributed by atoms with E-state index in [4.69, 9.17) is 108 Å². The number of anilines is 6. The fourth-order valence-corrected chi connectivity index (χ4v) is 27.2. The molecule has 6 fully saturated rings. The average molecular weight is 2220 g/mol. The quantitative estimate of drug-likeness (QED) is 0.0234. The van der Waals surface area contributed by atoms with Gasteiger partial charge in [0.05, 0.1) is 83.7 Å². The number of hydrogen-bond donors (Lipinski definition) is 18. The molecule has 73 nitrogen and oxygen atoms in total. The van der Waals surface area contributed by atoms with E-state index in [0.29, 0.717) is 0 Å². The summed E-state index contributed by atoms with van der Waals surface area (Å²) in [4.78, 5) is 184. The Morgan fingerprint density at radius 2 is 0.434 bits per heavy atom. The highest BCUT2D eigenvalue weighted by atomic mass is 31.3. The number of phosphoric acid groups is 10. The van der Waals surface area contributed by atoms with Crippen LogP contribution in [0.5, 0.6) is 0 Å². The zero-order valence-electron chi connectivity index (χ0n) is 71.5. The first-order valence-electron chi connectivity index (χ1n) is 40.7. The van der Waals surface area contributed by atoms with Gasteiger partial charge in [-0.1, -0.05) is 0 Å². The Labute approximate surface area is 793 Å². The molecule has 24 N–H and O–H groups in total. The first kappa shape index (κ1) is 104. The largest absolute Gasteiger partial charge is 0.481 e. The van der Waals surface area contributed by atoms with Crippen LogP contribution in [-0.2, 0) is 141 Å². The van der Waals surface area contributed by atoms with E-state index in [1.165, 1.54) is 30.9 Å². The van der Waals surface area contributed by atoms with E-state index < -0.39 is 254 Å². The summed E-state index contributed by atoms with van der Waals surface area (Å²) in [7, 11) is -60.3. The lowest BCUT2D eigenvalue weighted by Gasteiger charge is -2.25. The molecule has 0 saturated carbocycles. The molecular weight excluding hydrogens is 2140 g/mol. The molecule has 83 heteroatoms. The maximum atomic E-state index is 14.2. The van der Waals surface area contributed by atoms with Crippen molar-refractivity contribution in [1.82, 2.24) is 117 Å². The lowest BCUT2D eigenvalue weighted by molar-refractivity contribution is -0.0474. The number of nitrogen functional groups attached to an aromatic ring is 6. The van der Waals surface area contributed by atoms with Crippen LogP contribution in [0.2, 0.25) is 0 Å². The molecule has 28 unspecified atom stereocenters. The predicted octanol–water partition coefficient (Wildman–Crippen LogP) is 0.693. The molecule has 0 aromatic carbocycles. The van der Waals surface area contributed by atoms with Crippen LogP contribution in [0.25, 0.3) is 67.0 Å². The standard InChI is InChI=1S/C60H78N30O43P10/c61-49-43-55(73-13-67-49)85(19-79-43)37-1-25(92)32(119-37)8-113-134(93,94)129-140(105,106)125-27-3-39(87-21-81-45-51(63)69-15-75-57(45)87)121-34(27)10-115-136(97,98)131-142(109,110)127-29-5-41(89-23-83-47-53(65)71-17-77-59(47)89)123-36(29)12-117-138(101,102)133-143(111,112)128-30-6-42(90-24-84-48-54(66)72-18-78-60(48)90)122-35(30)11-116-137(99,100)132-141(107,108)126-28-4-40(88-22-82-46-52(64)70-16-76-58(46)88)120-33(28)9-114-135(95,96)130-139(103,104)124-26-2-38(118-31(26)7-91)86-20-80-44-50(62)68-14-74-56(44)86/h13-42,91-92H,1-12H2,(H,93,94)(H,95,96)(H,97,98)(H,99,100)(H,101,102)(H,103,104)(H,105,106)(H,107,108)(H,109,110)(H,111,112)(H2,61,67,73)(H2,62,68,74)(H2,63,69,75)(H2,64,70,76)(H2,65,71,77)(H2,66,72,78). The Balaban J connectivity index is 0.525.